The first-order valence-corrected chi connectivity index (χ1v) is 9.51. The summed E-state index contributed by atoms with van der Waals surface area (Å²) in [6.45, 7) is 2.59. The van der Waals surface area contributed by atoms with E-state index in [-0.39, 0.29) is 17.5 Å². The second-order valence-corrected chi connectivity index (χ2v) is 7.25. The molecule has 3 rings (SSSR count). The smallest absolute Gasteiger partial charge is 0.233 e. The zero-order valence-corrected chi connectivity index (χ0v) is 16.3. The summed E-state index contributed by atoms with van der Waals surface area (Å²) in [6.07, 6.45) is 0. The third kappa shape index (κ3) is 4.36. The number of amides is 1. The molecule has 2 aromatic carbocycles. The fourth-order valence-corrected chi connectivity index (χ4v) is 3.54. The number of carbonyl (C=O) groups excluding carboxylic acids is 1. The molecule has 0 fully saturated rings. The van der Waals surface area contributed by atoms with E-state index in [0.29, 0.717) is 23.1 Å². The third-order valence-corrected chi connectivity index (χ3v) is 5.37. The maximum atomic E-state index is 14.0. The predicted molar refractivity (Wildman–Crippen MR) is 105 cm³/mol. The quantitative estimate of drug-likeness (QED) is 0.609. The number of aromatic nitrogens is 3. The monoisotopic (exact) mass is 384 g/mol. The van der Waals surface area contributed by atoms with Crippen LogP contribution in [0.4, 0.5) is 4.39 Å². The number of halogens is 1. The van der Waals surface area contributed by atoms with Gasteiger partial charge in [-0.25, -0.2) is 4.39 Å². The van der Waals surface area contributed by atoms with Gasteiger partial charge in [0.1, 0.15) is 5.82 Å². The average molecular weight is 384 g/mol. The highest BCUT2D eigenvalue weighted by Crippen LogP contribution is 2.24. The maximum absolute atomic E-state index is 14.0. The van der Waals surface area contributed by atoms with Gasteiger partial charge in [-0.1, -0.05) is 48.2 Å². The molecule has 0 atom stereocenters. The van der Waals surface area contributed by atoms with E-state index in [2.05, 4.69) is 10.2 Å². The van der Waals surface area contributed by atoms with E-state index in [0.717, 1.165) is 11.1 Å². The first-order valence-electron chi connectivity index (χ1n) is 8.53. The molecule has 0 N–H and O–H groups in total. The van der Waals surface area contributed by atoms with Crippen LogP contribution in [0.2, 0.25) is 0 Å². The van der Waals surface area contributed by atoms with Crippen molar-refractivity contribution in [2.45, 2.75) is 18.6 Å². The molecular formula is C20H21FN4OS. The summed E-state index contributed by atoms with van der Waals surface area (Å²) < 4.78 is 15.7. The summed E-state index contributed by atoms with van der Waals surface area (Å²) >= 11 is 1.30. The Morgan fingerprint density at radius 1 is 1.15 bits per heavy atom. The van der Waals surface area contributed by atoms with Gasteiger partial charge in [-0.15, -0.1) is 10.2 Å². The molecule has 1 aromatic heterocycles. The Hall–Kier alpha value is -2.67. The van der Waals surface area contributed by atoms with Crippen molar-refractivity contribution in [1.29, 1.82) is 0 Å². The van der Waals surface area contributed by atoms with Gasteiger partial charge in [-0.3, -0.25) is 4.79 Å². The van der Waals surface area contributed by atoms with Gasteiger partial charge in [0.2, 0.25) is 5.91 Å². The van der Waals surface area contributed by atoms with Crippen LogP contribution in [-0.4, -0.2) is 38.4 Å². The fraction of sp³-hybridized carbons (Fsp3) is 0.250. The van der Waals surface area contributed by atoms with Gasteiger partial charge in [0.25, 0.3) is 0 Å². The van der Waals surface area contributed by atoms with Gasteiger partial charge < -0.3 is 9.47 Å². The lowest BCUT2D eigenvalue weighted by Gasteiger charge is -2.18. The molecule has 0 spiro atoms. The van der Waals surface area contributed by atoms with Crippen LogP contribution < -0.4 is 0 Å². The molecule has 1 amide bonds. The van der Waals surface area contributed by atoms with Crippen LogP contribution in [0.3, 0.4) is 0 Å². The Morgan fingerprint density at radius 3 is 2.59 bits per heavy atom. The molecule has 0 unspecified atom stereocenters. The van der Waals surface area contributed by atoms with Crippen LogP contribution in [0.1, 0.15) is 11.1 Å². The Kier molecular flexibility index (Phi) is 5.91. The lowest BCUT2D eigenvalue weighted by molar-refractivity contribution is -0.127. The van der Waals surface area contributed by atoms with E-state index in [1.807, 2.05) is 31.2 Å². The van der Waals surface area contributed by atoms with E-state index in [1.165, 1.54) is 17.8 Å². The van der Waals surface area contributed by atoms with E-state index in [1.54, 1.807) is 41.8 Å². The zero-order chi connectivity index (χ0) is 19.4. The number of aryl methyl sites for hydroxylation is 1. The standard InChI is InChI=1S/C20H21FN4OS/c1-14-8-4-5-9-15(14)12-24(2)18(26)13-27-20-23-22-19(25(20)3)16-10-6-7-11-17(16)21/h4-11H,12-13H2,1-3H3. The molecule has 3 aromatic rings. The van der Waals surface area contributed by atoms with Crippen LogP contribution in [0.5, 0.6) is 0 Å². The molecule has 0 saturated carbocycles. The molecule has 5 nitrogen and oxygen atoms in total. The lowest BCUT2D eigenvalue weighted by Crippen LogP contribution is -2.28. The van der Waals surface area contributed by atoms with Crippen LogP contribution in [0.25, 0.3) is 11.4 Å². The molecule has 0 aliphatic carbocycles. The average Bonchev–Trinajstić information content (AvgIpc) is 3.02. The summed E-state index contributed by atoms with van der Waals surface area (Å²) in [4.78, 5) is 14.2. The molecule has 0 aliphatic heterocycles. The van der Waals surface area contributed by atoms with Gasteiger partial charge in [-0.05, 0) is 30.2 Å². The molecule has 140 valence electrons. The van der Waals surface area contributed by atoms with Gasteiger partial charge >= 0.3 is 0 Å². The predicted octanol–water partition coefficient (Wildman–Crippen LogP) is 3.68. The largest absolute Gasteiger partial charge is 0.341 e. The summed E-state index contributed by atoms with van der Waals surface area (Å²) in [5.74, 6) is 0.333. The molecule has 0 bridgehead atoms. The second kappa shape index (κ2) is 8.35. The Morgan fingerprint density at radius 2 is 1.85 bits per heavy atom. The number of hydrogen-bond acceptors (Lipinski definition) is 4. The number of carbonyl (C=O) groups is 1. The summed E-state index contributed by atoms with van der Waals surface area (Å²) in [6, 6.07) is 14.5. The Labute approximate surface area is 162 Å². The molecular weight excluding hydrogens is 363 g/mol. The molecule has 7 heteroatoms. The maximum Gasteiger partial charge on any atom is 0.233 e. The van der Waals surface area contributed by atoms with Crippen molar-refractivity contribution in [2.75, 3.05) is 12.8 Å². The van der Waals surface area contributed by atoms with Crippen molar-refractivity contribution < 1.29 is 9.18 Å². The van der Waals surface area contributed by atoms with Crippen molar-refractivity contribution in [3.8, 4) is 11.4 Å². The zero-order valence-electron chi connectivity index (χ0n) is 15.5. The molecule has 0 saturated heterocycles. The van der Waals surface area contributed by atoms with Crippen LogP contribution in [0.15, 0.2) is 53.7 Å². The molecule has 0 radical (unpaired) electrons. The second-order valence-electron chi connectivity index (χ2n) is 6.31. The van der Waals surface area contributed by atoms with Gasteiger partial charge in [0, 0.05) is 20.6 Å². The number of thioether (sulfide) groups is 1. The van der Waals surface area contributed by atoms with E-state index >= 15 is 0 Å². The number of rotatable bonds is 6. The topological polar surface area (TPSA) is 51.0 Å². The minimum Gasteiger partial charge on any atom is -0.341 e. The highest BCUT2D eigenvalue weighted by atomic mass is 32.2. The lowest BCUT2D eigenvalue weighted by atomic mass is 10.1. The molecule has 1 heterocycles. The SMILES string of the molecule is Cc1ccccc1CN(C)C(=O)CSc1nnc(-c2ccccc2F)n1C. The van der Waals surface area contributed by atoms with Crippen molar-refractivity contribution in [3.05, 3.63) is 65.5 Å². The number of benzene rings is 2. The number of nitrogens with zero attached hydrogens (tertiary/aromatic N) is 4. The molecule has 27 heavy (non-hydrogen) atoms. The third-order valence-electron chi connectivity index (χ3n) is 4.37. The Bertz CT molecular complexity index is 957. The van der Waals surface area contributed by atoms with Gasteiger partial charge in [-0.2, -0.15) is 0 Å². The van der Waals surface area contributed by atoms with E-state index in [9.17, 15) is 9.18 Å². The van der Waals surface area contributed by atoms with Crippen molar-refractivity contribution >= 4 is 17.7 Å². The minimum atomic E-state index is -0.349. The van der Waals surface area contributed by atoms with Crippen molar-refractivity contribution in [3.63, 3.8) is 0 Å². The normalized spacial score (nSPS) is 10.8. The highest BCUT2D eigenvalue weighted by molar-refractivity contribution is 7.99. The van der Waals surface area contributed by atoms with E-state index < -0.39 is 0 Å². The first kappa shape index (κ1) is 19.1. The highest BCUT2D eigenvalue weighted by Gasteiger charge is 2.17. The number of hydrogen-bond donors (Lipinski definition) is 0. The van der Waals surface area contributed by atoms with Crippen LogP contribution in [0, 0.1) is 12.7 Å². The summed E-state index contributed by atoms with van der Waals surface area (Å²) in [5.41, 5.74) is 2.67. The summed E-state index contributed by atoms with van der Waals surface area (Å²) in [7, 11) is 3.56. The van der Waals surface area contributed by atoms with Crippen molar-refractivity contribution in [2.24, 2.45) is 7.05 Å². The molecule has 0 aliphatic rings. The van der Waals surface area contributed by atoms with Crippen LogP contribution in [-0.2, 0) is 18.4 Å². The van der Waals surface area contributed by atoms with Crippen molar-refractivity contribution in [1.82, 2.24) is 19.7 Å². The van der Waals surface area contributed by atoms with Gasteiger partial charge in [0.05, 0.1) is 11.3 Å². The Balaban J connectivity index is 1.64. The first-order chi connectivity index (χ1) is 13.0. The fourth-order valence-electron chi connectivity index (χ4n) is 2.69. The summed E-state index contributed by atoms with van der Waals surface area (Å²) in [5, 5.41) is 8.75. The van der Waals surface area contributed by atoms with Gasteiger partial charge in [0.15, 0.2) is 11.0 Å². The minimum absolute atomic E-state index is 0.00121. The van der Waals surface area contributed by atoms with Crippen LogP contribution >= 0.6 is 11.8 Å². The van der Waals surface area contributed by atoms with E-state index in [4.69, 9.17) is 0 Å².